The van der Waals surface area contributed by atoms with Crippen molar-refractivity contribution in [2.45, 2.75) is 219 Å². The van der Waals surface area contributed by atoms with Crippen LogP contribution in [0.4, 0.5) is 0 Å². The van der Waals surface area contributed by atoms with Crippen LogP contribution in [0.3, 0.4) is 0 Å². The quantitative estimate of drug-likeness (QED) is 0.0425. The molecule has 0 aromatic rings. The van der Waals surface area contributed by atoms with E-state index in [0.717, 1.165) is 19.3 Å². The summed E-state index contributed by atoms with van der Waals surface area (Å²) in [5.74, 6) is -0.206. The molecular weight excluding hydrogens is 544 g/mol. The number of hydrogen-bond donors (Lipinski definition) is 1. The zero-order valence-electron chi connectivity index (χ0n) is 29.9. The van der Waals surface area contributed by atoms with E-state index >= 15 is 0 Å². The van der Waals surface area contributed by atoms with Gasteiger partial charge in [0.15, 0.2) is 0 Å². The van der Waals surface area contributed by atoms with Crippen LogP contribution in [0.15, 0.2) is 12.2 Å². The molecule has 262 valence electrons. The number of aliphatic hydroxyl groups is 1. The summed E-state index contributed by atoms with van der Waals surface area (Å²) in [5, 5.41) is 9.57. The van der Waals surface area contributed by atoms with Crippen molar-refractivity contribution in [2.24, 2.45) is 0 Å². The van der Waals surface area contributed by atoms with Gasteiger partial charge >= 0.3 is 5.97 Å². The Bertz CT molecular complexity index is 576. The summed E-state index contributed by atoms with van der Waals surface area (Å²) >= 11 is 0. The molecule has 0 saturated heterocycles. The van der Waals surface area contributed by atoms with Crippen LogP contribution in [0.25, 0.3) is 0 Å². The fourth-order valence-electron chi connectivity index (χ4n) is 5.85. The van der Waals surface area contributed by atoms with Gasteiger partial charge in [-0.1, -0.05) is 180 Å². The Hall–Kier alpha value is -0.870. The molecule has 0 heterocycles. The molecule has 0 rings (SSSR count). The van der Waals surface area contributed by atoms with Crippen molar-refractivity contribution in [1.82, 2.24) is 0 Å². The van der Waals surface area contributed by atoms with Gasteiger partial charge in [-0.05, 0) is 38.5 Å². The van der Waals surface area contributed by atoms with Crippen molar-refractivity contribution < 1.29 is 19.4 Å². The summed E-state index contributed by atoms with van der Waals surface area (Å²) in [7, 11) is 0. The highest BCUT2D eigenvalue weighted by Gasteiger charge is 2.13. The number of esters is 1. The van der Waals surface area contributed by atoms with E-state index in [1.54, 1.807) is 0 Å². The van der Waals surface area contributed by atoms with E-state index in [2.05, 4.69) is 26.0 Å². The second-order valence-corrected chi connectivity index (χ2v) is 13.4. The average Bonchev–Trinajstić information content (AvgIpc) is 3.03. The standard InChI is InChI=1S/C40H78O4/c1-3-5-7-9-11-13-15-17-19-20-21-22-24-26-28-30-32-34-36-43-38-39(37-41)44-40(42)35-33-31-29-27-25-23-18-16-14-12-10-8-6-4-2/h16,18,39,41H,3-15,17,19-38H2,1-2H3/b18-16-. The number of unbranched alkanes of at least 4 members (excludes halogenated alkanes) is 27. The maximum absolute atomic E-state index is 12.1. The van der Waals surface area contributed by atoms with Gasteiger partial charge in [-0.2, -0.15) is 0 Å². The van der Waals surface area contributed by atoms with E-state index in [4.69, 9.17) is 9.47 Å². The first-order chi connectivity index (χ1) is 21.7. The first-order valence-electron chi connectivity index (χ1n) is 19.8. The molecule has 0 aliphatic heterocycles. The second-order valence-electron chi connectivity index (χ2n) is 13.4. The number of carbonyl (C=O) groups is 1. The predicted octanol–water partition coefficient (Wildman–Crippen LogP) is 12.6. The molecule has 4 heteroatoms. The maximum atomic E-state index is 12.1. The van der Waals surface area contributed by atoms with Crippen LogP contribution in [0.5, 0.6) is 0 Å². The number of hydrogen-bond acceptors (Lipinski definition) is 4. The highest BCUT2D eigenvalue weighted by molar-refractivity contribution is 5.69. The summed E-state index contributed by atoms with van der Waals surface area (Å²) < 4.78 is 11.1. The van der Waals surface area contributed by atoms with Crippen molar-refractivity contribution in [2.75, 3.05) is 19.8 Å². The van der Waals surface area contributed by atoms with Crippen LogP contribution in [-0.4, -0.2) is 37.0 Å². The Morgan fingerprint density at radius 2 is 0.886 bits per heavy atom. The third-order valence-electron chi connectivity index (χ3n) is 8.84. The molecule has 0 aromatic carbocycles. The molecule has 0 fully saturated rings. The summed E-state index contributed by atoms with van der Waals surface area (Å²) in [4.78, 5) is 12.1. The van der Waals surface area contributed by atoms with Gasteiger partial charge in [-0.15, -0.1) is 0 Å². The monoisotopic (exact) mass is 623 g/mol. The van der Waals surface area contributed by atoms with Crippen LogP contribution < -0.4 is 0 Å². The Kier molecular flexibility index (Phi) is 37.6. The Balaban J connectivity index is 3.39. The fraction of sp³-hybridized carbons (Fsp3) is 0.925. The lowest BCUT2D eigenvalue weighted by atomic mass is 10.0. The van der Waals surface area contributed by atoms with E-state index < -0.39 is 6.10 Å². The third-order valence-corrected chi connectivity index (χ3v) is 8.84. The normalized spacial score (nSPS) is 12.3. The lowest BCUT2D eigenvalue weighted by molar-refractivity contribution is -0.154. The van der Waals surface area contributed by atoms with Gasteiger partial charge in [-0.3, -0.25) is 4.79 Å². The zero-order valence-corrected chi connectivity index (χ0v) is 29.9. The minimum atomic E-state index is -0.531. The average molecular weight is 623 g/mol. The first kappa shape index (κ1) is 43.1. The van der Waals surface area contributed by atoms with Crippen LogP contribution >= 0.6 is 0 Å². The molecule has 44 heavy (non-hydrogen) atoms. The van der Waals surface area contributed by atoms with Gasteiger partial charge in [0.05, 0.1) is 13.2 Å². The lowest BCUT2D eigenvalue weighted by Gasteiger charge is -2.15. The molecule has 0 aliphatic carbocycles. The van der Waals surface area contributed by atoms with E-state index in [1.165, 1.54) is 173 Å². The van der Waals surface area contributed by atoms with Gasteiger partial charge in [0.2, 0.25) is 0 Å². The van der Waals surface area contributed by atoms with Crippen LogP contribution in [-0.2, 0) is 14.3 Å². The van der Waals surface area contributed by atoms with E-state index in [1.807, 2.05) is 0 Å². The molecule has 0 aromatic heterocycles. The van der Waals surface area contributed by atoms with E-state index in [0.29, 0.717) is 19.6 Å². The molecule has 0 bridgehead atoms. The minimum absolute atomic E-state index is 0.170. The summed E-state index contributed by atoms with van der Waals surface area (Å²) in [6, 6.07) is 0. The topological polar surface area (TPSA) is 55.8 Å². The molecule has 0 radical (unpaired) electrons. The predicted molar refractivity (Wildman–Crippen MR) is 191 cm³/mol. The number of allylic oxidation sites excluding steroid dienone is 2. The molecule has 1 atom stereocenters. The zero-order chi connectivity index (χ0) is 32.0. The van der Waals surface area contributed by atoms with Crippen molar-refractivity contribution in [1.29, 1.82) is 0 Å². The van der Waals surface area contributed by atoms with Gasteiger partial charge in [-0.25, -0.2) is 0 Å². The van der Waals surface area contributed by atoms with E-state index in [-0.39, 0.29) is 12.6 Å². The summed E-state index contributed by atoms with van der Waals surface area (Å²) in [5.41, 5.74) is 0. The summed E-state index contributed by atoms with van der Waals surface area (Å²) in [6.45, 7) is 5.36. The van der Waals surface area contributed by atoms with Crippen LogP contribution in [0.2, 0.25) is 0 Å². The van der Waals surface area contributed by atoms with Crippen LogP contribution in [0.1, 0.15) is 213 Å². The van der Waals surface area contributed by atoms with Gasteiger partial charge in [0.1, 0.15) is 6.10 Å². The number of rotatable bonds is 37. The number of aliphatic hydroxyl groups excluding tert-OH is 1. The molecular formula is C40H78O4. The largest absolute Gasteiger partial charge is 0.457 e. The SMILES string of the molecule is CCCCCCC/C=C\CCCCCCCC(=O)OC(CO)COCCCCCCCCCCCCCCCCCCCC. The van der Waals surface area contributed by atoms with Crippen molar-refractivity contribution in [3.8, 4) is 0 Å². The first-order valence-corrected chi connectivity index (χ1v) is 19.8. The van der Waals surface area contributed by atoms with Crippen molar-refractivity contribution in [3.05, 3.63) is 12.2 Å². The fourth-order valence-corrected chi connectivity index (χ4v) is 5.85. The molecule has 0 saturated carbocycles. The Morgan fingerprint density at radius 1 is 0.523 bits per heavy atom. The molecule has 0 spiro atoms. The highest BCUT2D eigenvalue weighted by Crippen LogP contribution is 2.15. The number of carbonyl (C=O) groups excluding carboxylic acids is 1. The van der Waals surface area contributed by atoms with Crippen molar-refractivity contribution >= 4 is 5.97 Å². The van der Waals surface area contributed by atoms with Crippen molar-refractivity contribution in [3.63, 3.8) is 0 Å². The third kappa shape index (κ3) is 35.6. The highest BCUT2D eigenvalue weighted by atomic mass is 16.6. The van der Waals surface area contributed by atoms with Crippen LogP contribution in [0, 0.1) is 0 Å². The minimum Gasteiger partial charge on any atom is -0.457 e. The Labute approximate surface area is 275 Å². The molecule has 4 nitrogen and oxygen atoms in total. The lowest BCUT2D eigenvalue weighted by Crippen LogP contribution is -2.27. The molecule has 0 aliphatic rings. The molecule has 1 unspecified atom stereocenters. The molecule has 0 amide bonds. The second kappa shape index (κ2) is 38.3. The van der Waals surface area contributed by atoms with E-state index in [9.17, 15) is 9.90 Å². The summed E-state index contributed by atoms with van der Waals surface area (Å²) in [6.07, 6.45) is 44.0. The number of ether oxygens (including phenoxy) is 2. The van der Waals surface area contributed by atoms with Gasteiger partial charge in [0, 0.05) is 13.0 Å². The van der Waals surface area contributed by atoms with Gasteiger partial charge in [0.25, 0.3) is 0 Å². The Morgan fingerprint density at radius 3 is 1.30 bits per heavy atom. The molecule has 1 N–H and O–H groups in total. The maximum Gasteiger partial charge on any atom is 0.306 e. The smallest absolute Gasteiger partial charge is 0.306 e. The van der Waals surface area contributed by atoms with Gasteiger partial charge < -0.3 is 14.6 Å².